The van der Waals surface area contributed by atoms with E-state index in [1.54, 1.807) is 0 Å². The Hall–Kier alpha value is -2.75. The van der Waals surface area contributed by atoms with E-state index in [2.05, 4.69) is 10.1 Å². The molecule has 0 spiro atoms. The van der Waals surface area contributed by atoms with Gasteiger partial charge in [-0.3, -0.25) is 5.10 Å². The van der Waals surface area contributed by atoms with E-state index in [-0.39, 0.29) is 30.1 Å². The summed E-state index contributed by atoms with van der Waals surface area (Å²) in [6.45, 7) is -0.245. The number of carbonyl (C=O) groups is 1. The Morgan fingerprint density at radius 3 is 2.65 bits per heavy atom. The zero-order valence-corrected chi connectivity index (χ0v) is 13.8. The maximum Gasteiger partial charge on any atom is 0.433 e. The zero-order chi connectivity index (χ0) is 18.7. The van der Waals surface area contributed by atoms with E-state index in [0.717, 1.165) is 6.20 Å². The second-order valence-electron chi connectivity index (χ2n) is 5.20. The van der Waals surface area contributed by atoms with Gasteiger partial charge in [0.05, 0.1) is 12.8 Å². The van der Waals surface area contributed by atoms with Crippen molar-refractivity contribution in [2.24, 2.45) is 0 Å². The Morgan fingerprint density at radius 2 is 1.96 bits per heavy atom. The van der Waals surface area contributed by atoms with Gasteiger partial charge in [-0.15, -0.1) is 11.3 Å². The number of alkyl halides is 3. The van der Waals surface area contributed by atoms with Gasteiger partial charge in [-0.25, -0.2) is 14.2 Å². The Balaban J connectivity index is 1.59. The van der Waals surface area contributed by atoms with Gasteiger partial charge in [0.15, 0.2) is 5.69 Å². The molecule has 0 bridgehead atoms. The summed E-state index contributed by atoms with van der Waals surface area (Å²) in [7, 11) is 0. The van der Waals surface area contributed by atoms with Crippen LogP contribution in [0.5, 0.6) is 0 Å². The van der Waals surface area contributed by atoms with Crippen LogP contribution in [-0.4, -0.2) is 27.8 Å². The van der Waals surface area contributed by atoms with Crippen LogP contribution < -0.4 is 0 Å². The van der Waals surface area contributed by atoms with Gasteiger partial charge in [0, 0.05) is 22.9 Å². The lowest BCUT2D eigenvalue weighted by atomic mass is 10.2. The number of thiazole rings is 1. The molecule has 0 radical (unpaired) electrons. The smallest absolute Gasteiger partial charge is 0.433 e. The summed E-state index contributed by atoms with van der Waals surface area (Å²) < 4.78 is 56.0. The van der Waals surface area contributed by atoms with E-state index in [1.807, 2.05) is 5.10 Å². The van der Waals surface area contributed by atoms with E-state index in [4.69, 9.17) is 4.74 Å². The van der Waals surface area contributed by atoms with Crippen molar-refractivity contribution >= 4 is 17.3 Å². The normalized spacial score (nSPS) is 11.5. The van der Waals surface area contributed by atoms with Gasteiger partial charge < -0.3 is 4.74 Å². The van der Waals surface area contributed by atoms with Crippen molar-refractivity contribution in [2.45, 2.75) is 12.6 Å². The number of carbonyl (C=O) groups excluding carboxylic acids is 1. The van der Waals surface area contributed by atoms with Crippen molar-refractivity contribution in [3.8, 4) is 10.6 Å². The molecule has 0 amide bonds. The summed E-state index contributed by atoms with van der Waals surface area (Å²) in [6, 6.07) is 5.61. The highest BCUT2D eigenvalue weighted by atomic mass is 32.1. The molecule has 0 aliphatic rings. The fourth-order valence-corrected chi connectivity index (χ4v) is 2.96. The minimum Gasteiger partial charge on any atom is -0.461 e. The third-order valence-electron chi connectivity index (χ3n) is 3.41. The van der Waals surface area contributed by atoms with Crippen LogP contribution in [0.1, 0.15) is 21.7 Å². The molecule has 3 rings (SSSR count). The molecular weight excluding hydrogens is 374 g/mol. The van der Waals surface area contributed by atoms with Crippen LogP contribution in [0, 0.1) is 5.82 Å². The molecular formula is C16H11F4N3O2S. The van der Waals surface area contributed by atoms with Crippen LogP contribution >= 0.6 is 11.3 Å². The first kappa shape index (κ1) is 18.1. The summed E-state index contributed by atoms with van der Waals surface area (Å²) in [4.78, 5) is 16.1. The maximum absolute atomic E-state index is 12.9. The predicted molar refractivity (Wildman–Crippen MR) is 85.1 cm³/mol. The quantitative estimate of drug-likeness (QED) is 0.531. The lowest BCUT2D eigenvalue weighted by molar-refractivity contribution is -0.141. The summed E-state index contributed by atoms with van der Waals surface area (Å²) in [5.74, 6) is -1.13. The highest BCUT2D eigenvalue weighted by molar-refractivity contribution is 7.13. The van der Waals surface area contributed by atoms with E-state index in [0.29, 0.717) is 10.6 Å². The Labute approximate surface area is 148 Å². The maximum atomic E-state index is 12.9. The van der Waals surface area contributed by atoms with Gasteiger partial charge >= 0.3 is 12.1 Å². The molecule has 0 aliphatic heterocycles. The van der Waals surface area contributed by atoms with Crippen molar-refractivity contribution in [3.63, 3.8) is 0 Å². The molecule has 0 aliphatic carbocycles. The number of hydrogen-bond acceptors (Lipinski definition) is 5. The van der Waals surface area contributed by atoms with Crippen LogP contribution in [0.4, 0.5) is 17.6 Å². The highest BCUT2D eigenvalue weighted by Gasteiger charge is 2.35. The minimum atomic E-state index is -4.55. The standard InChI is InChI=1S/C16H11F4N3O2S/c17-11-3-1-9(2-4-11)14-22-12(8-26-14)15(24)25-6-5-10-7-21-23-13(10)16(18,19)20/h1-4,7-8H,5-6H2,(H,21,23). The number of nitrogens with zero attached hydrogens (tertiary/aromatic N) is 2. The first-order valence-corrected chi connectivity index (χ1v) is 8.20. The number of ether oxygens (including phenoxy) is 1. The molecule has 2 heterocycles. The zero-order valence-electron chi connectivity index (χ0n) is 13.0. The molecule has 2 aromatic heterocycles. The number of nitrogens with one attached hydrogen (secondary N) is 1. The Kier molecular flexibility index (Phi) is 5.03. The fourth-order valence-electron chi connectivity index (χ4n) is 2.17. The van der Waals surface area contributed by atoms with Gasteiger partial charge in [0.25, 0.3) is 0 Å². The van der Waals surface area contributed by atoms with Crippen LogP contribution in [0.25, 0.3) is 10.6 Å². The average Bonchev–Trinajstić information content (AvgIpc) is 3.24. The first-order valence-electron chi connectivity index (χ1n) is 7.32. The van der Waals surface area contributed by atoms with Gasteiger partial charge in [-0.2, -0.15) is 18.3 Å². The minimum absolute atomic E-state index is 0.0394. The van der Waals surface area contributed by atoms with Gasteiger partial charge in [-0.05, 0) is 24.3 Å². The van der Waals surface area contributed by atoms with E-state index >= 15 is 0 Å². The summed E-state index contributed by atoms with van der Waals surface area (Å²) in [6.07, 6.45) is -3.63. The number of H-pyrrole nitrogens is 1. The fraction of sp³-hybridized carbons (Fsp3) is 0.188. The summed E-state index contributed by atoms with van der Waals surface area (Å²) >= 11 is 1.18. The number of rotatable bonds is 5. The largest absolute Gasteiger partial charge is 0.461 e. The van der Waals surface area contributed by atoms with Crippen molar-refractivity contribution in [1.82, 2.24) is 15.2 Å². The van der Waals surface area contributed by atoms with Crippen molar-refractivity contribution in [2.75, 3.05) is 6.61 Å². The molecule has 0 saturated carbocycles. The van der Waals surface area contributed by atoms with Gasteiger partial charge in [0.2, 0.25) is 0 Å². The molecule has 3 aromatic rings. The number of esters is 1. The van der Waals surface area contributed by atoms with E-state index in [9.17, 15) is 22.4 Å². The number of aromatic amines is 1. The lowest BCUT2D eigenvalue weighted by Crippen LogP contribution is -2.12. The monoisotopic (exact) mass is 385 g/mol. The molecule has 0 atom stereocenters. The summed E-state index contributed by atoms with van der Waals surface area (Å²) in [5, 5.41) is 7.23. The summed E-state index contributed by atoms with van der Waals surface area (Å²) in [5.41, 5.74) is -0.363. The lowest BCUT2D eigenvalue weighted by Gasteiger charge is -2.07. The predicted octanol–water partition coefficient (Wildman–Crippen LogP) is 4.09. The van der Waals surface area contributed by atoms with Crippen LogP contribution in [0.3, 0.4) is 0 Å². The first-order chi connectivity index (χ1) is 12.3. The van der Waals surface area contributed by atoms with Crippen LogP contribution in [0.2, 0.25) is 0 Å². The van der Waals surface area contributed by atoms with Crippen LogP contribution in [0.15, 0.2) is 35.8 Å². The molecule has 1 N–H and O–H groups in total. The van der Waals surface area contributed by atoms with Crippen molar-refractivity contribution < 1.29 is 27.1 Å². The third-order valence-corrected chi connectivity index (χ3v) is 4.30. The highest BCUT2D eigenvalue weighted by Crippen LogP contribution is 2.30. The van der Waals surface area contributed by atoms with Crippen molar-refractivity contribution in [1.29, 1.82) is 0 Å². The molecule has 26 heavy (non-hydrogen) atoms. The van der Waals surface area contributed by atoms with Gasteiger partial charge in [0.1, 0.15) is 16.5 Å². The van der Waals surface area contributed by atoms with E-state index in [1.165, 1.54) is 41.0 Å². The SMILES string of the molecule is O=C(OCCc1cn[nH]c1C(F)(F)F)c1csc(-c2ccc(F)cc2)n1. The molecule has 5 nitrogen and oxygen atoms in total. The number of halogens is 4. The number of hydrogen-bond donors (Lipinski definition) is 1. The molecule has 0 unspecified atom stereocenters. The molecule has 136 valence electrons. The second-order valence-corrected chi connectivity index (χ2v) is 6.06. The molecule has 10 heteroatoms. The van der Waals surface area contributed by atoms with Crippen molar-refractivity contribution in [3.05, 3.63) is 58.6 Å². The van der Waals surface area contributed by atoms with Gasteiger partial charge in [-0.1, -0.05) is 0 Å². The molecule has 1 aromatic carbocycles. The van der Waals surface area contributed by atoms with Crippen LogP contribution in [-0.2, 0) is 17.3 Å². The average molecular weight is 385 g/mol. The molecule has 0 saturated heterocycles. The third kappa shape index (κ3) is 4.07. The Morgan fingerprint density at radius 1 is 1.23 bits per heavy atom. The number of benzene rings is 1. The Bertz CT molecular complexity index is 903. The van der Waals surface area contributed by atoms with E-state index < -0.39 is 17.8 Å². The molecule has 0 fully saturated rings. The number of aromatic nitrogens is 3. The topological polar surface area (TPSA) is 67.9 Å². The second kappa shape index (κ2) is 7.24.